The molecule has 0 spiro atoms. The van der Waals surface area contributed by atoms with Crippen molar-refractivity contribution in [2.75, 3.05) is 26.2 Å². The summed E-state index contributed by atoms with van der Waals surface area (Å²) in [5.41, 5.74) is 6.68. The van der Waals surface area contributed by atoms with Crippen molar-refractivity contribution >= 4 is 11.8 Å². The Balaban J connectivity index is 1.92. The van der Waals surface area contributed by atoms with Crippen LogP contribution in [0.3, 0.4) is 0 Å². The third-order valence-corrected chi connectivity index (χ3v) is 3.76. The molecule has 1 aromatic carbocycles. The number of hydrogen-bond donors (Lipinski definition) is 1. The van der Waals surface area contributed by atoms with Crippen molar-refractivity contribution in [3.05, 3.63) is 35.9 Å². The molecule has 0 bridgehead atoms. The van der Waals surface area contributed by atoms with Crippen LogP contribution in [-0.4, -0.2) is 53.8 Å². The minimum absolute atomic E-state index is 0.0866. The minimum atomic E-state index is -0.503. The van der Waals surface area contributed by atoms with Gasteiger partial charge in [0.15, 0.2) is 0 Å². The summed E-state index contributed by atoms with van der Waals surface area (Å²) in [6, 6.07) is 9.73. The number of primary amides is 1. The first kappa shape index (κ1) is 14.5. The second-order valence-corrected chi connectivity index (χ2v) is 5.17. The van der Waals surface area contributed by atoms with Crippen LogP contribution < -0.4 is 5.73 Å². The van der Waals surface area contributed by atoms with Crippen LogP contribution in [-0.2, 0) is 16.0 Å². The van der Waals surface area contributed by atoms with Gasteiger partial charge in [0.1, 0.15) is 6.04 Å². The quantitative estimate of drug-likeness (QED) is 0.856. The molecule has 20 heavy (non-hydrogen) atoms. The molecule has 108 valence electrons. The van der Waals surface area contributed by atoms with Gasteiger partial charge < -0.3 is 10.6 Å². The second kappa shape index (κ2) is 6.52. The van der Waals surface area contributed by atoms with Gasteiger partial charge in [-0.05, 0) is 12.0 Å². The maximum absolute atomic E-state index is 11.5. The molecule has 1 fully saturated rings. The first-order valence-electron chi connectivity index (χ1n) is 6.90. The van der Waals surface area contributed by atoms with Crippen molar-refractivity contribution < 1.29 is 9.59 Å². The molecular weight excluding hydrogens is 254 g/mol. The van der Waals surface area contributed by atoms with E-state index in [9.17, 15) is 9.59 Å². The number of nitrogens with two attached hydrogens (primary N) is 1. The molecule has 1 aromatic rings. The van der Waals surface area contributed by atoms with Gasteiger partial charge in [-0.15, -0.1) is 0 Å². The lowest BCUT2D eigenvalue weighted by Gasteiger charge is -2.39. The molecule has 1 atom stereocenters. The zero-order chi connectivity index (χ0) is 14.5. The molecule has 5 nitrogen and oxygen atoms in total. The highest BCUT2D eigenvalue weighted by Gasteiger charge is 2.32. The van der Waals surface area contributed by atoms with Gasteiger partial charge in [-0.1, -0.05) is 30.3 Å². The Morgan fingerprint density at radius 2 is 1.95 bits per heavy atom. The zero-order valence-electron chi connectivity index (χ0n) is 11.8. The van der Waals surface area contributed by atoms with Gasteiger partial charge >= 0.3 is 0 Å². The lowest BCUT2D eigenvalue weighted by atomic mass is 10.1. The van der Waals surface area contributed by atoms with E-state index in [1.165, 1.54) is 12.5 Å². The third-order valence-electron chi connectivity index (χ3n) is 3.76. The topological polar surface area (TPSA) is 66.6 Å². The summed E-state index contributed by atoms with van der Waals surface area (Å²) < 4.78 is 0. The summed E-state index contributed by atoms with van der Waals surface area (Å²) in [6.45, 7) is 4.24. The van der Waals surface area contributed by atoms with Crippen LogP contribution in [0, 0.1) is 0 Å². The smallest absolute Gasteiger partial charge is 0.241 e. The minimum Gasteiger partial charge on any atom is -0.368 e. The Kier molecular flexibility index (Phi) is 4.74. The molecule has 2 amide bonds. The van der Waals surface area contributed by atoms with Crippen LogP contribution in [0.5, 0.6) is 0 Å². The highest BCUT2D eigenvalue weighted by Crippen LogP contribution is 2.11. The van der Waals surface area contributed by atoms with Crippen LogP contribution in [0.4, 0.5) is 0 Å². The monoisotopic (exact) mass is 275 g/mol. The van der Waals surface area contributed by atoms with E-state index in [0.717, 1.165) is 19.5 Å². The number of piperazine rings is 1. The summed E-state index contributed by atoms with van der Waals surface area (Å²) in [5.74, 6) is -0.513. The molecule has 0 unspecified atom stereocenters. The number of benzene rings is 1. The lowest BCUT2D eigenvalue weighted by Crippen LogP contribution is -2.59. The second-order valence-electron chi connectivity index (χ2n) is 5.17. The summed E-state index contributed by atoms with van der Waals surface area (Å²) in [5, 5.41) is 0. The van der Waals surface area contributed by atoms with E-state index < -0.39 is 11.9 Å². The van der Waals surface area contributed by atoms with Gasteiger partial charge in [-0.3, -0.25) is 14.5 Å². The van der Waals surface area contributed by atoms with E-state index in [0.29, 0.717) is 13.1 Å². The summed E-state index contributed by atoms with van der Waals surface area (Å²) in [4.78, 5) is 26.8. The van der Waals surface area contributed by atoms with Crippen molar-refractivity contribution in [3.8, 4) is 0 Å². The number of carbonyl (C=O) groups is 2. The predicted molar refractivity (Wildman–Crippen MR) is 77.0 cm³/mol. The van der Waals surface area contributed by atoms with Crippen LogP contribution in [0.1, 0.15) is 12.5 Å². The first-order valence-corrected chi connectivity index (χ1v) is 6.90. The van der Waals surface area contributed by atoms with E-state index >= 15 is 0 Å². The maximum Gasteiger partial charge on any atom is 0.241 e. The average Bonchev–Trinajstić information content (AvgIpc) is 2.45. The van der Waals surface area contributed by atoms with E-state index in [4.69, 9.17) is 5.73 Å². The van der Waals surface area contributed by atoms with Crippen LogP contribution in [0.2, 0.25) is 0 Å². The van der Waals surface area contributed by atoms with Crippen LogP contribution >= 0.6 is 0 Å². The standard InChI is InChI=1S/C15H21N3O2/c1-12(19)18-10-9-17(11-14(18)15(16)20)8-7-13-5-3-2-4-6-13/h2-6,14H,7-11H2,1H3,(H2,16,20)/t14-/m1/s1. The molecule has 2 rings (SSSR count). The molecule has 5 heteroatoms. The predicted octanol–water partition coefficient (Wildman–Crippen LogP) is 0.247. The van der Waals surface area contributed by atoms with Gasteiger partial charge in [-0.2, -0.15) is 0 Å². The molecule has 0 saturated carbocycles. The van der Waals surface area contributed by atoms with Gasteiger partial charge in [0.25, 0.3) is 0 Å². The highest BCUT2D eigenvalue weighted by atomic mass is 16.2. The lowest BCUT2D eigenvalue weighted by molar-refractivity contribution is -0.141. The van der Waals surface area contributed by atoms with Crippen LogP contribution in [0.15, 0.2) is 30.3 Å². The Morgan fingerprint density at radius 1 is 1.25 bits per heavy atom. The number of rotatable bonds is 4. The van der Waals surface area contributed by atoms with Gasteiger partial charge in [0, 0.05) is 33.1 Å². The van der Waals surface area contributed by atoms with Crippen molar-refractivity contribution in [1.29, 1.82) is 0 Å². The highest BCUT2D eigenvalue weighted by molar-refractivity contribution is 5.86. The van der Waals surface area contributed by atoms with Gasteiger partial charge in [0.2, 0.25) is 11.8 Å². The molecular formula is C15H21N3O2. The third kappa shape index (κ3) is 3.57. The Labute approximate surface area is 119 Å². The average molecular weight is 275 g/mol. The summed E-state index contributed by atoms with van der Waals surface area (Å²) in [6.07, 6.45) is 0.937. The number of amides is 2. The number of carbonyl (C=O) groups excluding carboxylic acids is 2. The molecule has 0 aliphatic carbocycles. The van der Waals surface area contributed by atoms with Crippen molar-refractivity contribution in [3.63, 3.8) is 0 Å². The molecule has 1 heterocycles. The van der Waals surface area contributed by atoms with E-state index in [2.05, 4.69) is 17.0 Å². The van der Waals surface area contributed by atoms with E-state index in [-0.39, 0.29) is 5.91 Å². The van der Waals surface area contributed by atoms with Gasteiger partial charge in [0.05, 0.1) is 0 Å². The zero-order valence-corrected chi connectivity index (χ0v) is 11.8. The van der Waals surface area contributed by atoms with Crippen LogP contribution in [0.25, 0.3) is 0 Å². The fraction of sp³-hybridized carbons (Fsp3) is 0.467. The van der Waals surface area contributed by atoms with Crippen molar-refractivity contribution in [2.24, 2.45) is 5.73 Å². The molecule has 0 radical (unpaired) electrons. The molecule has 1 aliphatic rings. The maximum atomic E-state index is 11.5. The molecule has 1 saturated heterocycles. The Morgan fingerprint density at radius 3 is 2.55 bits per heavy atom. The number of nitrogens with zero attached hydrogens (tertiary/aromatic N) is 2. The Hall–Kier alpha value is -1.88. The normalized spacial score (nSPS) is 19.9. The SMILES string of the molecule is CC(=O)N1CCN(CCc2ccccc2)C[C@@H]1C(N)=O. The van der Waals surface area contributed by atoms with E-state index in [1.54, 1.807) is 4.90 Å². The Bertz CT molecular complexity index is 475. The molecule has 1 aliphatic heterocycles. The first-order chi connectivity index (χ1) is 9.58. The summed E-state index contributed by atoms with van der Waals surface area (Å²) >= 11 is 0. The fourth-order valence-electron chi connectivity index (χ4n) is 2.59. The molecule has 0 aromatic heterocycles. The van der Waals surface area contributed by atoms with Crippen molar-refractivity contribution in [1.82, 2.24) is 9.80 Å². The van der Waals surface area contributed by atoms with E-state index in [1.807, 2.05) is 18.2 Å². The van der Waals surface area contributed by atoms with Crippen molar-refractivity contribution in [2.45, 2.75) is 19.4 Å². The summed E-state index contributed by atoms with van der Waals surface area (Å²) in [7, 11) is 0. The van der Waals surface area contributed by atoms with Gasteiger partial charge in [-0.25, -0.2) is 0 Å². The number of hydrogen-bond acceptors (Lipinski definition) is 3. The molecule has 2 N–H and O–H groups in total. The fourth-order valence-corrected chi connectivity index (χ4v) is 2.59. The largest absolute Gasteiger partial charge is 0.368 e.